The van der Waals surface area contributed by atoms with Crippen molar-refractivity contribution in [2.24, 2.45) is 0 Å². The molecule has 0 aliphatic heterocycles. The first-order valence-electron chi connectivity index (χ1n) is 6.19. The number of amides is 1. The molecule has 1 unspecified atom stereocenters. The Labute approximate surface area is 121 Å². The largest absolute Gasteiger partial charge is 0.450 e. The molecule has 0 aliphatic rings. The Morgan fingerprint density at radius 3 is 2.84 bits per heavy atom. The van der Waals surface area contributed by atoms with Crippen LogP contribution in [0.3, 0.4) is 0 Å². The Bertz CT molecular complexity index is 450. The van der Waals surface area contributed by atoms with E-state index in [0.717, 1.165) is 17.3 Å². The third-order valence-electron chi connectivity index (χ3n) is 2.75. The molecule has 1 N–H and O–H groups in total. The van der Waals surface area contributed by atoms with E-state index >= 15 is 0 Å². The quantitative estimate of drug-likeness (QED) is 0.643. The zero-order valence-electron chi connectivity index (χ0n) is 11.1. The molecule has 0 saturated carbocycles. The Kier molecular flexibility index (Phi) is 6.02. The number of benzene rings is 1. The van der Waals surface area contributed by atoms with Gasteiger partial charge in [0.05, 0.1) is 6.61 Å². The van der Waals surface area contributed by atoms with Crippen LogP contribution in [0.5, 0.6) is 0 Å². The smallest absolute Gasteiger partial charge is 0.408 e. The second-order valence-corrected chi connectivity index (χ2v) is 5.36. The minimum atomic E-state index is -1.09. The second kappa shape index (κ2) is 7.28. The van der Waals surface area contributed by atoms with E-state index in [1.165, 1.54) is 0 Å². The topological polar surface area (TPSA) is 55.4 Å². The lowest BCUT2D eigenvalue weighted by Crippen LogP contribution is -2.45. The predicted octanol–water partition coefficient (Wildman–Crippen LogP) is 3.39. The van der Waals surface area contributed by atoms with Gasteiger partial charge in [-0.2, -0.15) is 0 Å². The number of aldehydes is 1. The van der Waals surface area contributed by atoms with Crippen LogP contribution in [0.25, 0.3) is 0 Å². The van der Waals surface area contributed by atoms with Gasteiger partial charge in [-0.25, -0.2) is 4.79 Å². The number of rotatable bonds is 6. The van der Waals surface area contributed by atoms with Gasteiger partial charge in [-0.15, -0.1) is 0 Å². The number of hydrogen-bond donors (Lipinski definition) is 1. The summed E-state index contributed by atoms with van der Waals surface area (Å²) in [7, 11) is 0. The van der Waals surface area contributed by atoms with Crippen molar-refractivity contribution in [2.45, 2.75) is 32.2 Å². The number of carbonyl (C=O) groups is 2. The first-order chi connectivity index (χ1) is 9.01. The van der Waals surface area contributed by atoms with Gasteiger partial charge in [-0.1, -0.05) is 41.4 Å². The molecule has 0 spiro atoms. The minimum Gasteiger partial charge on any atom is -0.450 e. The van der Waals surface area contributed by atoms with Gasteiger partial charge in [0.2, 0.25) is 0 Å². The van der Waals surface area contributed by atoms with Gasteiger partial charge in [0.25, 0.3) is 0 Å². The van der Waals surface area contributed by atoms with E-state index in [0.29, 0.717) is 18.5 Å². The maximum absolute atomic E-state index is 11.6. The van der Waals surface area contributed by atoms with Gasteiger partial charge in [-0.05, 0) is 31.0 Å². The average molecular weight is 328 g/mol. The highest BCUT2D eigenvalue weighted by atomic mass is 79.9. The second-order valence-electron chi connectivity index (χ2n) is 4.45. The van der Waals surface area contributed by atoms with Gasteiger partial charge in [-0.3, -0.25) is 0 Å². The van der Waals surface area contributed by atoms with Gasteiger partial charge in [0.15, 0.2) is 0 Å². The Hall–Kier alpha value is -1.36. The molecule has 1 rings (SSSR count). The number of carbonyl (C=O) groups excluding carboxylic acids is 2. The highest BCUT2D eigenvalue weighted by Gasteiger charge is 2.28. The third kappa shape index (κ3) is 4.67. The molecule has 1 atom stereocenters. The molecule has 0 saturated heterocycles. The monoisotopic (exact) mass is 327 g/mol. The van der Waals surface area contributed by atoms with Gasteiger partial charge >= 0.3 is 6.09 Å². The lowest BCUT2D eigenvalue weighted by Gasteiger charge is -2.25. The molecule has 1 aromatic rings. The van der Waals surface area contributed by atoms with Gasteiger partial charge < -0.3 is 14.8 Å². The maximum atomic E-state index is 11.6. The highest BCUT2D eigenvalue weighted by molar-refractivity contribution is 9.10. The van der Waals surface area contributed by atoms with Crippen molar-refractivity contribution in [2.75, 3.05) is 6.61 Å². The van der Waals surface area contributed by atoms with E-state index in [1.54, 1.807) is 19.1 Å². The predicted molar refractivity (Wildman–Crippen MR) is 76.9 cm³/mol. The number of alkyl carbamates (subject to hydrolysis) is 1. The number of halogens is 1. The molecule has 19 heavy (non-hydrogen) atoms. The third-order valence-corrected chi connectivity index (χ3v) is 3.25. The summed E-state index contributed by atoms with van der Waals surface area (Å²) >= 11 is 3.34. The number of ether oxygens (including phenoxy) is 1. The summed E-state index contributed by atoms with van der Waals surface area (Å²) in [5.41, 5.74) is -0.392. The molecular formula is C14H18BrNO3. The van der Waals surface area contributed by atoms with Crippen molar-refractivity contribution in [1.29, 1.82) is 0 Å². The molecule has 1 amide bonds. The van der Waals surface area contributed by atoms with E-state index in [4.69, 9.17) is 4.74 Å². The van der Waals surface area contributed by atoms with Crippen LogP contribution in [0.1, 0.15) is 32.3 Å². The average Bonchev–Trinajstić information content (AvgIpc) is 2.39. The van der Waals surface area contributed by atoms with Crippen molar-refractivity contribution in [1.82, 2.24) is 5.32 Å². The van der Waals surface area contributed by atoms with E-state index in [-0.39, 0.29) is 0 Å². The molecule has 0 fully saturated rings. The summed E-state index contributed by atoms with van der Waals surface area (Å²) in [6, 6.07) is 7.24. The fraction of sp³-hybridized carbons (Fsp3) is 0.429. The molecule has 4 nitrogen and oxygen atoms in total. The SMILES string of the molecule is CCCCOC(=O)NC(C)(C=O)c1cccc(Br)c1. The zero-order chi connectivity index (χ0) is 14.3. The van der Waals surface area contributed by atoms with Crippen LogP contribution in [0.4, 0.5) is 4.79 Å². The lowest BCUT2D eigenvalue weighted by molar-refractivity contribution is -0.113. The van der Waals surface area contributed by atoms with Crippen LogP contribution in [0, 0.1) is 0 Å². The molecular weight excluding hydrogens is 310 g/mol. The van der Waals surface area contributed by atoms with Crippen LogP contribution in [-0.2, 0) is 15.1 Å². The Morgan fingerprint density at radius 2 is 2.26 bits per heavy atom. The number of hydrogen-bond acceptors (Lipinski definition) is 3. The standard InChI is InChI=1S/C14H18BrNO3/c1-3-4-8-19-13(18)16-14(2,10-17)11-6-5-7-12(15)9-11/h5-7,9-10H,3-4,8H2,1-2H3,(H,16,18). The van der Waals surface area contributed by atoms with Crippen molar-refractivity contribution in [3.63, 3.8) is 0 Å². The van der Waals surface area contributed by atoms with Crippen LogP contribution in [-0.4, -0.2) is 19.0 Å². The first-order valence-corrected chi connectivity index (χ1v) is 6.98. The van der Waals surface area contributed by atoms with E-state index in [2.05, 4.69) is 21.2 Å². The van der Waals surface area contributed by atoms with Gasteiger partial charge in [0.1, 0.15) is 11.8 Å². The van der Waals surface area contributed by atoms with Gasteiger partial charge in [0, 0.05) is 4.47 Å². The molecule has 5 heteroatoms. The maximum Gasteiger partial charge on any atom is 0.408 e. The first kappa shape index (κ1) is 15.7. The fourth-order valence-corrected chi connectivity index (χ4v) is 1.94. The molecule has 0 heterocycles. The number of unbranched alkanes of at least 4 members (excludes halogenated alkanes) is 1. The van der Waals surface area contributed by atoms with Crippen molar-refractivity contribution >= 4 is 28.3 Å². The Morgan fingerprint density at radius 1 is 1.53 bits per heavy atom. The van der Waals surface area contributed by atoms with Crippen LogP contribution < -0.4 is 5.32 Å². The van der Waals surface area contributed by atoms with Crippen molar-refractivity contribution in [3.05, 3.63) is 34.3 Å². The summed E-state index contributed by atoms with van der Waals surface area (Å²) in [6.45, 7) is 4.01. The van der Waals surface area contributed by atoms with Crippen molar-refractivity contribution < 1.29 is 14.3 Å². The lowest BCUT2D eigenvalue weighted by atomic mass is 9.94. The summed E-state index contributed by atoms with van der Waals surface area (Å²) in [4.78, 5) is 23.0. The zero-order valence-corrected chi connectivity index (χ0v) is 12.7. The fourth-order valence-electron chi connectivity index (χ4n) is 1.54. The minimum absolute atomic E-state index is 0.357. The highest BCUT2D eigenvalue weighted by Crippen LogP contribution is 2.22. The molecule has 104 valence electrons. The normalized spacial score (nSPS) is 13.4. The molecule has 0 radical (unpaired) electrons. The molecule has 1 aromatic carbocycles. The van der Waals surface area contributed by atoms with Crippen molar-refractivity contribution in [3.8, 4) is 0 Å². The Balaban J connectivity index is 2.75. The molecule has 0 aliphatic carbocycles. The molecule has 0 aromatic heterocycles. The van der Waals surface area contributed by atoms with E-state index in [1.807, 2.05) is 19.1 Å². The van der Waals surface area contributed by atoms with Crippen LogP contribution >= 0.6 is 15.9 Å². The summed E-state index contributed by atoms with van der Waals surface area (Å²) < 4.78 is 5.86. The molecule has 0 bridgehead atoms. The number of nitrogens with one attached hydrogen (secondary N) is 1. The van der Waals surface area contributed by atoms with E-state index < -0.39 is 11.6 Å². The summed E-state index contributed by atoms with van der Waals surface area (Å²) in [6.07, 6.45) is 1.88. The van der Waals surface area contributed by atoms with Crippen LogP contribution in [0.2, 0.25) is 0 Å². The summed E-state index contributed by atoms with van der Waals surface area (Å²) in [5.74, 6) is 0. The summed E-state index contributed by atoms with van der Waals surface area (Å²) in [5, 5.41) is 2.60. The van der Waals surface area contributed by atoms with Crippen LogP contribution in [0.15, 0.2) is 28.7 Å². The van der Waals surface area contributed by atoms with E-state index in [9.17, 15) is 9.59 Å².